The lowest BCUT2D eigenvalue weighted by atomic mass is 10.3. The molecule has 0 saturated carbocycles. The van der Waals surface area contributed by atoms with Gasteiger partial charge in [-0.1, -0.05) is 29.8 Å². The highest BCUT2D eigenvalue weighted by molar-refractivity contribution is 7.93. The molecule has 3 aromatic rings. The third-order valence-corrected chi connectivity index (χ3v) is 6.98. The number of nitrogens with one attached hydrogen (secondary N) is 2. The lowest BCUT2D eigenvalue weighted by molar-refractivity contribution is 0.417. The first-order valence-electron chi connectivity index (χ1n) is 8.36. The standard InChI is InChI=1S/C19H16ClFN2O5S2/c1-28-19-8-3-2-7-18(19)23-30(26,27)14-6-4-5-13(11-14)22-29(24,25)15-9-10-17(21)16(20)12-15/h2-12,22-23H,1H3. The maximum Gasteiger partial charge on any atom is 0.262 e. The second kappa shape index (κ2) is 8.50. The summed E-state index contributed by atoms with van der Waals surface area (Å²) >= 11 is 5.64. The Labute approximate surface area is 178 Å². The van der Waals surface area contributed by atoms with E-state index < -0.39 is 25.9 Å². The van der Waals surface area contributed by atoms with Gasteiger partial charge in [0, 0.05) is 0 Å². The van der Waals surface area contributed by atoms with Crippen LogP contribution >= 0.6 is 11.6 Å². The van der Waals surface area contributed by atoms with Crippen molar-refractivity contribution < 1.29 is 26.0 Å². The number of hydrogen-bond donors (Lipinski definition) is 2. The first kappa shape index (κ1) is 21.9. The first-order chi connectivity index (χ1) is 14.1. The molecule has 0 aliphatic carbocycles. The number of rotatable bonds is 7. The number of halogens is 2. The van der Waals surface area contributed by atoms with E-state index in [-0.39, 0.29) is 26.2 Å². The predicted molar refractivity (Wildman–Crippen MR) is 112 cm³/mol. The normalized spacial score (nSPS) is 11.7. The fourth-order valence-electron chi connectivity index (χ4n) is 2.52. The minimum Gasteiger partial charge on any atom is -0.495 e. The van der Waals surface area contributed by atoms with Gasteiger partial charge in [0.2, 0.25) is 0 Å². The molecule has 30 heavy (non-hydrogen) atoms. The van der Waals surface area contributed by atoms with Crippen molar-refractivity contribution in [2.75, 3.05) is 16.6 Å². The number of benzene rings is 3. The Morgan fingerprint density at radius 2 is 1.50 bits per heavy atom. The maximum atomic E-state index is 13.3. The van der Waals surface area contributed by atoms with E-state index in [0.717, 1.165) is 24.3 Å². The van der Waals surface area contributed by atoms with Crippen LogP contribution in [0.3, 0.4) is 0 Å². The topological polar surface area (TPSA) is 102 Å². The molecule has 3 rings (SSSR count). The first-order valence-corrected chi connectivity index (χ1v) is 11.7. The molecule has 0 atom stereocenters. The van der Waals surface area contributed by atoms with E-state index in [9.17, 15) is 21.2 Å². The van der Waals surface area contributed by atoms with Gasteiger partial charge >= 0.3 is 0 Å². The van der Waals surface area contributed by atoms with Crippen molar-refractivity contribution in [2.45, 2.75) is 9.79 Å². The number of para-hydroxylation sites is 2. The highest BCUT2D eigenvalue weighted by Gasteiger charge is 2.20. The van der Waals surface area contributed by atoms with Gasteiger partial charge < -0.3 is 4.74 Å². The summed E-state index contributed by atoms with van der Waals surface area (Å²) in [4.78, 5) is -0.444. The van der Waals surface area contributed by atoms with Gasteiger partial charge in [0.05, 0.1) is 33.3 Å². The third-order valence-electron chi connectivity index (χ3n) is 3.95. The van der Waals surface area contributed by atoms with E-state index in [1.165, 1.54) is 31.4 Å². The van der Waals surface area contributed by atoms with Crippen molar-refractivity contribution in [1.82, 2.24) is 0 Å². The Morgan fingerprint density at radius 3 is 2.20 bits per heavy atom. The summed E-state index contributed by atoms with van der Waals surface area (Å²) in [6.07, 6.45) is 0. The molecule has 7 nitrogen and oxygen atoms in total. The minimum absolute atomic E-state index is 0.00153. The summed E-state index contributed by atoms with van der Waals surface area (Å²) in [6.45, 7) is 0. The van der Waals surface area contributed by atoms with Crippen molar-refractivity contribution in [2.24, 2.45) is 0 Å². The second-order valence-corrected chi connectivity index (χ2v) is 9.79. The monoisotopic (exact) mass is 470 g/mol. The minimum atomic E-state index is -4.12. The van der Waals surface area contributed by atoms with Crippen LogP contribution in [0, 0.1) is 5.82 Å². The molecule has 158 valence electrons. The van der Waals surface area contributed by atoms with E-state index in [4.69, 9.17) is 16.3 Å². The average Bonchev–Trinajstić information content (AvgIpc) is 2.70. The highest BCUT2D eigenvalue weighted by atomic mass is 35.5. The maximum absolute atomic E-state index is 13.3. The van der Waals surface area contributed by atoms with Crippen LogP contribution in [0.5, 0.6) is 5.75 Å². The molecule has 0 aliphatic rings. The SMILES string of the molecule is COc1ccccc1NS(=O)(=O)c1cccc(NS(=O)(=O)c2ccc(F)c(Cl)c2)c1. The molecule has 0 bridgehead atoms. The van der Waals surface area contributed by atoms with E-state index in [1.807, 2.05) is 0 Å². The van der Waals surface area contributed by atoms with Crippen LogP contribution in [0.2, 0.25) is 5.02 Å². The molecule has 0 fully saturated rings. The largest absolute Gasteiger partial charge is 0.495 e. The van der Waals surface area contributed by atoms with E-state index in [2.05, 4.69) is 9.44 Å². The van der Waals surface area contributed by atoms with E-state index in [0.29, 0.717) is 5.75 Å². The van der Waals surface area contributed by atoms with Crippen molar-refractivity contribution in [3.05, 3.63) is 77.6 Å². The molecule has 0 aliphatic heterocycles. The number of sulfonamides is 2. The molecule has 0 spiro atoms. The number of methoxy groups -OCH3 is 1. The summed E-state index contributed by atoms with van der Waals surface area (Å²) in [5, 5.41) is -0.352. The number of hydrogen-bond acceptors (Lipinski definition) is 5. The van der Waals surface area contributed by atoms with E-state index in [1.54, 1.807) is 18.2 Å². The molecule has 0 amide bonds. The van der Waals surface area contributed by atoms with Crippen LogP contribution in [0.25, 0.3) is 0 Å². The zero-order valence-corrected chi connectivity index (χ0v) is 17.9. The highest BCUT2D eigenvalue weighted by Crippen LogP contribution is 2.27. The molecule has 0 heterocycles. The summed E-state index contributed by atoms with van der Waals surface area (Å²) in [6, 6.07) is 14.6. The molecule has 2 N–H and O–H groups in total. The molecule has 0 aromatic heterocycles. The Balaban J connectivity index is 1.89. The van der Waals surface area contributed by atoms with Crippen LogP contribution in [-0.2, 0) is 20.0 Å². The van der Waals surface area contributed by atoms with Gasteiger partial charge in [0.15, 0.2) is 0 Å². The zero-order valence-electron chi connectivity index (χ0n) is 15.5. The van der Waals surface area contributed by atoms with E-state index >= 15 is 0 Å². The van der Waals surface area contributed by atoms with Crippen molar-refractivity contribution in [1.29, 1.82) is 0 Å². The van der Waals surface area contributed by atoms with Gasteiger partial charge in [0.1, 0.15) is 11.6 Å². The quantitative estimate of drug-likeness (QED) is 0.541. The molecular formula is C19H16ClFN2O5S2. The van der Waals surface area contributed by atoms with Crippen LogP contribution < -0.4 is 14.2 Å². The van der Waals surface area contributed by atoms with Crippen molar-refractivity contribution in [3.63, 3.8) is 0 Å². The predicted octanol–water partition coefficient (Wildman–Crippen LogP) is 4.09. The van der Waals surface area contributed by atoms with Gasteiger partial charge in [-0.15, -0.1) is 0 Å². The van der Waals surface area contributed by atoms with Crippen LogP contribution in [-0.4, -0.2) is 23.9 Å². The smallest absolute Gasteiger partial charge is 0.262 e. The molecule has 0 radical (unpaired) electrons. The van der Waals surface area contributed by atoms with Gasteiger partial charge in [-0.05, 0) is 48.5 Å². The van der Waals surface area contributed by atoms with Gasteiger partial charge in [-0.2, -0.15) is 0 Å². The summed E-state index contributed by atoms with van der Waals surface area (Å²) in [5.74, 6) is -0.433. The Hall–Kier alpha value is -2.82. The van der Waals surface area contributed by atoms with Crippen molar-refractivity contribution in [3.8, 4) is 5.75 Å². The zero-order chi connectivity index (χ0) is 21.9. The summed E-state index contributed by atoms with van der Waals surface area (Å²) < 4.78 is 73.6. The lowest BCUT2D eigenvalue weighted by Crippen LogP contribution is -2.16. The molecule has 0 unspecified atom stereocenters. The van der Waals surface area contributed by atoms with Crippen LogP contribution in [0.1, 0.15) is 0 Å². The van der Waals surface area contributed by atoms with Crippen molar-refractivity contribution >= 4 is 43.0 Å². The fourth-order valence-corrected chi connectivity index (χ4v) is 4.95. The average molecular weight is 471 g/mol. The summed E-state index contributed by atoms with van der Waals surface area (Å²) in [5.41, 5.74) is 0.227. The van der Waals surface area contributed by atoms with Gasteiger partial charge in [0.25, 0.3) is 20.0 Å². The molecule has 0 saturated heterocycles. The Morgan fingerprint density at radius 1 is 0.833 bits per heavy atom. The van der Waals surface area contributed by atoms with Crippen LogP contribution in [0.15, 0.2) is 76.5 Å². The lowest BCUT2D eigenvalue weighted by Gasteiger charge is -2.13. The Bertz CT molecular complexity index is 1300. The van der Waals surface area contributed by atoms with Gasteiger partial charge in [-0.25, -0.2) is 21.2 Å². The van der Waals surface area contributed by atoms with Crippen LogP contribution in [0.4, 0.5) is 15.8 Å². The van der Waals surface area contributed by atoms with Gasteiger partial charge in [-0.3, -0.25) is 9.44 Å². The molecule has 3 aromatic carbocycles. The fraction of sp³-hybridized carbons (Fsp3) is 0.0526. The third kappa shape index (κ3) is 4.84. The number of ether oxygens (including phenoxy) is 1. The number of anilines is 2. The molecule has 11 heteroatoms. The second-order valence-electron chi connectivity index (χ2n) is 6.02. The molecular weight excluding hydrogens is 455 g/mol. The Kier molecular flexibility index (Phi) is 6.20. The summed E-state index contributed by atoms with van der Waals surface area (Å²) in [7, 11) is -6.75.